The second-order valence-electron chi connectivity index (χ2n) is 3.18. The van der Waals surface area contributed by atoms with E-state index in [1.807, 2.05) is 32.2 Å². The maximum absolute atomic E-state index is 4.36. The number of hydrogen-bond acceptors (Lipinski definition) is 4. The van der Waals surface area contributed by atoms with Crippen molar-refractivity contribution in [1.82, 2.24) is 15.0 Å². The van der Waals surface area contributed by atoms with Crippen LogP contribution in [0.5, 0.6) is 0 Å². The van der Waals surface area contributed by atoms with Crippen LogP contribution in [0.3, 0.4) is 0 Å². The molecule has 0 bridgehead atoms. The Balaban J connectivity index is 2.49. The average molecular weight is 200 g/mol. The SMILES string of the molecule is CNc1cc(-c2cccnc2)nc(C)n1. The van der Waals surface area contributed by atoms with Crippen LogP contribution in [0, 0.1) is 6.92 Å². The quantitative estimate of drug-likeness (QED) is 0.804. The topological polar surface area (TPSA) is 50.7 Å². The van der Waals surface area contributed by atoms with E-state index in [2.05, 4.69) is 20.3 Å². The lowest BCUT2D eigenvalue weighted by molar-refractivity contribution is 1.06. The molecule has 0 saturated heterocycles. The van der Waals surface area contributed by atoms with E-state index in [4.69, 9.17) is 0 Å². The van der Waals surface area contributed by atoms with E-state index in [0.717, 1.165) is 22.9 Å². The Bertz CT molecular complexity index is 453. The van der Waals surface area contributed by atoms with E-state index < -0.39 is 0 Å². The van der Waals surface area contributed by atoms with Gasteiger partial charge in [-0.25, -0.2) is 9.97 Å². The fourth-order valence-electron chi connectivity index (χ4n) is 1.36. The predicted molar refractivity (Wildman–Crippen MR) is 59.5 cm³/mol. The maximum Gasteiger partial charge on any atom is 0.130 e. The minimum Gasteiger partial charge on any atom is -0.373 e. The number of aryl methyl sites for hydroxylation is 1. The van der Waals surface area contributed by atoms with Gasteiger partial charge in [0.1, 0.15) is 11.6 Å². The molecule has 0 amide bonds. The number of pyridine rings is 1. The molecule has 0 fully saturated rings. The van der Waals surface area contributed by atoms with Crippen LogP contribution in [0.4, 0.5) is 5.82 Å². The van der Waals surface area contributed by atoms with E-state index in [9.17, 15) is 0 Å². The number of aromatic nitrogens is 3. The standard InChI is InChI=1S/C11H12N4/c1-8-14-10(6-11(12-2)15-8)9-4-3-5-13-7-9/h3-7H,1-2H3,(H,12,14,15). The zero-order valence-corrected chi connectivity index (χ0v) is 8.73. The fraction of sp³-hybridized carbons (Fsp3) is 0.182. The van der Waals surface area contributed by atoms with Crippen LogP contribution in [0.2, 0.25) is 0 Å². The highest BCUT2D eigenvalue weighted by atomic mass is 15.0. The molecule has 15 heavy (non-hydrogen) atoms. The van der Waals surface area contributed by atoms with Crippen LogP contribution in [-0.2, 0) is 0 Å². The Labute approximate surface area is 88.4 Å². The largest absolute Gasteiger partial charge is 0.373 e. The summed E-state index contributed by atoms with van der Waals surface area (Å²) in [5.74, 6) is 1.57. The molecule has 0 saturated carbocycles. The number of rotatable bonds is 2. The molecule has 0 radical (unpaired) electrons. The van der Waals surface area contributed by atoms with Crippen molar-refractivity contribution in [2.75, 3.05) is 12.4 Å². The van der Waals surface area contributed by atoms with E-state index in [1.54, 1.807) is 12.4 Å². The molecule has 76 valence electrons. The summed E-state index contributed by atoms with van der Waals surface area (Å²) < 4.78 is 0. The van der Waals surface area contributed by atoms with Crippen molar-refractivity contribution in [3.05, 3.63) is 36.4 Å². The van der Waals surface area contributed by atoms with E-state index in [-0.39, 0.29) is 0 Å². The van der Waals surface area contributed by atoms with Gasteiger partial charge in [-0.15, -0.1) is 0 Å². The summed E-state index contributed by atoms with van der Waals surface area (Å²) in [6, 6.07) is 5.78. The molecule has 4 heteroatoms. The van der Waals surface area contributed by atoms with E-state index >= 15 is 0 Å². The Morgan fingerprint density at radius 1 is 1.27 bits per heavy atom. The third-order valence-corrected chi connectivity index (χ3v) is 2.05. The lowest BCUT2D eigenvalue weighted by Crippen LogP contribution is -1.98. The first kappa shape index (κ1) is 9.58. The van der Waals surface area contributed by atoms with Gasteiger partial charge < -0.3 is 5.32 Å². The highest BCUT2D eigenvalue weighted by Gasteiger charge is 2.02. The molecule has 0 aliphatic heterocycles. The molecule has 0 aliphatic rings. The van der Waals surface area contributed by atoms with Crippen molar-refractivity contribution in [2.45, 2.75) is 6.92 Å². The van der Waals surface area contributed by atoms with E-state index in [0.29, 0.717) is 0 Å². The minimum atomic E-state index is 0.751. The zero-order chi connectivity index (χ0) is 10.7. The summed E-state index contributed by atoms with van der Waals surface area (Å²) >= 11 is 0. The van der Waals surface area contributed by atoms with Gasteiger partial charge >= 0.3 is 0 Å². The van der Waals surface area contributed by atoms with Crippen LogP contribution >= 0.6 is 0 Å². The van der Waals surface area contributed by atoms with Gasteiger partial charge in [-0.2, -0.15) is 0 Å². The number of nitrogens with one attached hydrogen (secondary N) is 1. The summed E-state index contributed by atoms with van der Waals surface area (Å²) in [5, 5.41) is 3.01. The Kier molecular flexibility index (Phi) is 2.58. The van der Waals surface area contributed by atoms with Crippen LogP contribution in [0.15, 0.2) is 30.6 Å². The first-order valence-electron chi connectivity index (χ1n) is 4.73. The van der Waals surface area contributed by atoms with Gasteiger partial charge in [0, 0.05) is 31.1 Å². The predicted octanol–water partition coefficient (Wildman–Crippen LogP) is 1.89. The molecule has 0 unspecified atom stereocenters. The van der Waals surface area contributed by atoms with Gasteiger partial charge in [-0.1, -0.05) is 0 Å². The van der Waals surface area contributed by atoms with Crippen molar-refractivity contribution in [3.63, 3.8) is 0 Å². The highest BCUT2D eigenvalue weighted by Crippen LogP contribution is 2.17. The number of anilines is 1. The fourth-order valence-corrected chi connectivity index (χ4v) is 1.36. The summed E-state index contributed by atoms with van der Waals surface area (Å²) in [7, 11) is 1.84. The second kappa shape index (κ2) is 4.04. The van der Waals surface area contributed by atoms with Crippen LogP contribution in [-0.4, -0.2) is 22.0 Å². The highest BCUT2D eigenvalue weighted by molar-refractivity contribution is 5.61. The van der Waals surface area contributed by atoms with Crippen molar-refractivity contribution in [2.24, 2.45) is 0 Å². The van der Waals surface area contributed by atoms with Crippen molar-refractivity contribution in [3.8, 4) is 11.3 Å². The van der Waals surface area contributed by atoms with Gasteiger partial charge in [-0.05, 0) is 19.1 Å². The molecule has 0 aromatic carbocycles. The van der Waals surface area contributed by atoms with Crippen molar-refractivity contribution >= 4 is 5.82 Å². The second-order valence-corrected chi connectivity index (χ2v) is 3.18. The van der Waals surface area contributed by atoms with E-state index in [1.165, 1.54) is 0 Å². The minimum absolute atomic E-state index is 0.751. The third kappa shape index (κ3) is 2.10. The van der Waals surface area contributed by atoms with Gasteiger partial charge in [0.15, 0.2) is 0 Å². The van der Waals surface area contributed by atoms with Crippen LogP contribution < -0.4 is 5.32 Å². The summed E-state index contributed by atoms with van der Waals surface area (Å²) in [5.41, 5.74) is 1.89. The van der Waals surface area contributed by atoms with Crippen LogP contribution in [0.1, 0.15) is 5.82 Å². The molecule has 2 rings (SSSR count). The summed E-state index contributed by atoms with van der Waals surface area (Å²) in [6.45, 7) is 1.88. The first-order chi connectivity index (χ1) is 7.29. The summed E-state index contributed by atoms with van der Waals surface area (Å²) in [6.07, 6.45) is 3.54. The Morgan fingerprint density at radius 2 is 2.13 bits per heavy atom. The molecular weight excluding hydrogens is 188 g/mol. The van der Waals surface area contributed by atoms with Gasteiger partial charge in [0.05, 0.1) is 5.69 Å². The normalized spacial score (nSPS) is 10.0. The Morgan fingerprint density at radius 3 is 2.80 bits per heavy atom. The number of hydrogen-bond donors (Lipinski definition) is 1. The monoisotopic (exact) mass is 200 g/mol. The molecule has 4 nitrogen and oxygen atoms in total. The van der Waals surface area contributed by atoms with Crippen molar-refractivity contribution in [1.29, 1.82) is 0 Å². The van der Waals surface area contributed by atoms with Gasteiger partial charge in [0.25, 0.3) is 0 Å². The maximum atomic E-state index is 4.36. The molecule has 1 N–H and O–H groups in total. The number of nitrogens with zero attached hydrogens (tertiary/aromatic N) is 3. The molecule has 2 aromatic heterocycles. The van der Waals surface area contributed by atoms with Gasteiger partial charge in [0.2, 0.25) is 0 Å². The first-order valence-corrected chi connectivity index (χ1v) is 4.73. The van der Waals surface area contributed by atoms with Gasteiger partial charge in [-0.3, -0.25) is 4.98 Å². The average Bonchev–Trinajstić information content (AvgIpc) is 2.29. The molecule has 2 aromatic rings. The molecule has 0 aliphatic carbocycles. The molecule has 0 spiro atoms. The molecular formula is C11H12N4. The summed E-state index contributed by atoms with van der Waals surface area (Å²) in [4.78, 5) is 12.7. The Hall–Kier alpha value is -1.97. The molecule has 0 atom stereocenters. The lowest BCUT2D eigenvalue weighted by Gasteiger charge is -2.04. The third-order valence-electron chi connectivity index (χ3n) is 2.05. The smallest absolute Gasteiger partial charge is 0.130 e. The van der Waals surface area contributed by atoms with Crippen molar-refractivity contribution < 1.29 is 0 Å². The lowest BCUT2D eigenvalue weighted by atomic mass is 10.2. The zero-order valence-electron chi connectivity index (χ0n) is 8.73. The van der Waals surface area contributed by atoms with Crippen LogP contribution in [0.25, 0.3) is 11.3 Å². The molecule has 2 heterocycles.